The molecule has 0 spiro atoms. The van der Waals surface area contributed by atoms with Gasteiger partial charge >= 0.3 is 0 Å². The zero-order chi connectivity index (χ0) is 23.0. The number of aromatic nitrogens is 4. The van der Waals surface area contributed by atoms with Crippen LogP contribution in [0.2, 0.25) is 0 Å². The minimum absolute atomic E-state index is 0.545. The maximum Gasteiger partial charge on any atom is 0.182 e. The molecule has 0 bridgehead atoms. The first-order valence-corrected chi connectivity index (χ1v) is 10.2. The van der Waals surface area contributed by atoms with Crippen molar-refractivity contribution in [3.63, 3.8) is 0 Å². The third-order valence-corrected chi connectivity index (χ3v) is 5.40. The van der Waals surface area contributed by atoms with E-state index in [0.717, 1.165) is 45.2 Å². The smallest absolute Gasteiger partial charge is 0.182 e. The van der Waals surface area contributed by atoms with Gasteiger partial charge in [-0.25, -0.2) is 14.5 Å². The van der Waals surface area contributed by atoms with E-state index < -0.39 is 0 Å². The number of hydrogen-bond acceptors (Lipinski definition) is 7. The van der Waals surface area contributed by atoms with Gasteiger partial charge in [-0.05, 0) is 69.2 Å². The van der Waals surface area contributed by atoms with E-state index in [1.165, 1.54) is 0 Å². The molecule has 32 heavy (non-hydrogen) atoms. The average molecular weight is 434 g/mol. The van der Waals surface area contributed by atoms with Gasteiger partial charge in [-0.1, -0.05) is 0 Å². The molecule has 0 aliphatic rings. The normalized spacial score (nSPS) is 11.0. The van der Waals surface area contributed by atoms with Crippen LogP contribution in [0.25, 0.3) is 16.9 Å². The highest BCUT2D eigenvalue weighted by atomic mass is 16.5. The monoisotopic (exact) mass is 433 g/mol. The molecule has 0 amide bonds. The van der Waals surface area contributed by atoms with Crippen molar-refractivity contribution in [3.8, 4) is 28.6 Å². The molecule has 0 saturated heterocycles. The number of fused-ring (bicyclic) bond motifs is 1. The summed E-state index contributed by atoms with van der Waals surface area (Å²) in [5.74, 6) is 4.14. The minimum atomic E-state index is 0.545. The van der Waals surface area contributed by atoms with Crippen molar-refractivity contribution < 1.29 is 14.2 Å². The Bertz CT molecular complexity index is 1290. The molecule has 0 unspecified atom stereocenters. The topological polar surface area (TPSA) is 82.8 Å². The van der Waals surface area contributed by atoms with Gasteiger partial charge in [-0.2, -0.15) is 0 Å². The Labute approximate surface area is 187 Å². The lowest BCUT2D eigenvalue weighted by Crippen LogP contribution is -2.06. The molecule has 2 heterocycles. The molecule has 0 fully saturated rings. The number of anilines is 2. The molecular formula is C24H27N5O3. The van der Waals surface area contributed by atoms with Gasteiger partial charge in [0.2, 0.25) is 0 Å². The SMILES string of the molecule is COc1ccc(-c2nc(Nc3cc(C)c(OC)c(C)c3)c3c(C)nc(C)n3n2)cc1OC. The fourth-order valence-corrected chi connectivity index (χ4v) is 3.99. The Kier molecular flexibility index (Phi) is 5.61. The fourth-order valence-electron chi connectivity index (χ4n) is 3.99. The standard InChI is InChI=1S/C24H27N5O3/c1-13-10-18(11-14(2)22(13)32-7)26-24-21-15(3)25-16(4)29(21)28-23(27-24)17-8-9-19(30-5)20(12-17)31-6/h8-12H,1-7H3,(H,26,27,28). The van der Waals surface area contributed by atoms with Gasteiger partial charge in [-0.15, -0.1) is 5.10 Å². The first-order chi connectivity index (χ1) is 15.4. The average Bonchev–Trinajstić information content (AvgIpc) is 3.06. The highest BCUT2D eigenvalue weighted by molar-refractivity contribution is 5.78. The summed E-state index contributed by atoms with van der Waals surface area (Å²) in [4.78, 5) is 9.47. The van der Waals surface area contributed by atoms with Crippen LogP contribution in [0.5, 0.6) is 17.2 Å². The van der Waals surface area contributed by atoms with Gasteiger partial charge in [0.1, 0.15) is 17.1 Å². The second kappa shape index (κ2) is 8.37. The van der Waals surface area contributed by atoms with E-state index in [0.29, 0.717) is 23.1 Å². The zero-order valence-corrected chi connectivity index (χ0v) is 19.4. The van der Waals surface area contributed by atoms with Crippen LogP contribution in [0.15, 0.2) is 30.3 Å². The highest BCUT2D eigenvalue weighted by Gasteiger charge is 2.17. The number of ether oxygens (including phenoxy) is 3. The van der Waals surface area contributed by atoms with E-state index in [2.05, 4.69) is 10.3 Å². The van der Waals surface area contributed by atoms with Crippen LogP contribution in [0.1, 0.15) is 22.6 Å². The maximum atomic E-state index is 5.50. The number of methoxy groups -OCH3 is 3. The van der Waals surface area contributed by atoms with Gasteiger partial charge in [0, 0.05) is 11.3 Å². The van der Waals surface area contributed by atoms with Gasteiger partial charge < -0.3 is 19.5 Å². The first-order valence-electron chi connectivity index (χ1n) is 10.2. The minimum Gasteiger partial charge on any atom is -0.496 e. The molecule has 0 atom stereocenters. The van der Waals surface area contributed by atoms with Crippen molar-refractivity contribution >= 4 is 17.0 Å². The summed E-state index contributed by atoms with van der Waals surface area (Å²) < 4.78 is 18.1. The Morgan fingerprint density at radius 1 is 0.812 bits per heavy atom. The Morgan fingerprint density at radius 2 is 1.50 bits per heavy atom. The van der Waals surface area contributed by atoms with E-state index in [1.54, 1.807) is 21.3 Å². The van der Waals surface area contributed by atoms with E-state index >= 15 is 0 Å². The van der Waals surface area contributed by atoms with Crippen LogP contribution in [-0.4, -0.2) is 40.9 Å². The number of rotatable bonds is 6. The molecular weight excluding hydrogens is 406 g/mol. The predicted octanol–water partition coefficient (Wildman–Crippen LogP) is 4.79. The van der Waals surface area contributed by atoms with E-state index in [-0.39, 0.29) is 0 Å². The molecule has 2 aromatic heterocycles. The second-order valence-corrected chi connectivity index (χ2v) is 7.63. The summed E-state index contributed by atoms with van der Waals surface area (Å²) in [6.45, 7) is 7.93. The molecule has 166 valence electrons. The molecule has 4 aromatic rings. The van der Waals surface area contributed by atoms with Gasteiger partial charge in [0.05, 0.1) is 27.0 Å². The lowest BCUT2D eigenvalue weighted by atomic mass is 10.1. The molecule has 4 rings (SSSR count). The number of imidazole rings is 1. The van der Waals surface area contributed by atoms with Crippen molar-refractivity contribution in [1.82, 2.24) is 19.6 Å². The van der Waals surface area contributed by atoms with E-state index in [1.807, 2.05) is 62.5 Å². The van der Waals surface area contributed by atoms with Gasteiger partial charge in [0.25, 0.3) is 0 Å². The van der Waals surface area contributed by atoms with Crippen LogP contribution >= 0.6 is 0 Å². The van der Waals surface area contributed by atoms with E-state index in [4.69, 9.17) is 24.3 Å². The first kappa shape index (κ1) is 21.4. The zero-order valence-electron chi connectivity index (χ0n) is 19.4. The number of nitrogens with one attached hydrogen (secondary N) is 1. The van der Waals surface area contributed by atoms with E-state index in [9.17, 15) is 0 Å². The third kappa shape index (κ3) is 3.68. The fraction of sp³-hybridized carbons (Fsp3) is 0.292. The Hall–Kier alpha value is -3.81. The van der Waals surface area contributed by atoms with Crippen LogP contribution in [0, 0.1) is 27.7 Å². The van der Waals surface area contributed by atoms with Crippen LogP contribution < -0.4 is 19.5 Å². The predicted molar refractivity (Wildman–Crippen MR) is 125 cm³/mol. The Balaban J connectivity index is 1.88. The summed E-state index contributed by atoms with van der Waals surface area (Å²) in [7, 11) is 4.90. The molecule has 0 radical (unpaired) electrons. The summed E-state index contributed by atoms with van der Waals surface area (Å²) in [5.41, 5.74) is 5.49. The number of benzene rings is 2. The summed E-state index contributed by atoms with van der Waals surface area (Å²) >= 11 is 0. The number of aryl methyl sites for hydroxylation is 4. The highest BCUT2D eigenvalue weighted by Crippen LogP contribution is 2.34. The maximum absolute atomic E-state index is 5.50. The second-order valence-electron chi connectivity index (χ2n) is 7.63. The van der Waals surface area contributed by atoms with Crippen LogP contribution in [0.3, 0.4) is 0 Å². The molecule has 1 N–H and O–H groups in total. The molecule has 8 nitrogen and oxygen atoms in total. The summed E-state index contributed by atoms with van der Waals surface area (Å²) in [5, 5.41) is 8.22. The van der Waals surface area contributed by atoms with Crippen molar-refractivity contribution in [2.24, 2.45) is 0 Å². The summed E-state index contributed by atoms with van der Waals surface area (Å²) in [6.07, 6.45) is 0. The molecule has 0 aliphatic carbocycles. The van der Waals surface area contributed by atoms with Crippen LogP contribution in [-0.2, 0) is 0 Å². The lowest BCUT2D eigenvalue weighted by Gasteiger charge is -2.14. The van der Waals surface area contributed by atoms with Gasteiger partial charge in [0.15, 0.2) is 23.1 Å². The molecule has 2 aromatic carbocycles. The van der Waals surface area contributed by atoms with Crippen molar-refractivity contribution in [1.29, 1.82) is 0 Å². The van der Waals surface area contributed by atoms with Crippen molar-refractivity contribution in [2.75, 3.05) is 26.6 Å². The Morgan fingerprint density at radius 3 is 2.12 bits per heavy atom. The molecule has 0 saturated carbocycles. The molecule has 8 heteroatoms. The van der Waals surface area contributed by atoms with Crippen molar-refractivity contribution in [2.45, 2.75) is 27.7 Å². The third-order valence-electron chi connectivity index (χ3n) is 5.40. The largest absolute Gasteiger partial charge is 0.496 e. The lowest BCUT2D eigenvalue weighted by molar-refractivity contribution is 0.355. The van der Waals surface area contributed by atoms with Gasteiger partial charge in [-0.3, -0.25) is 0 Å². The number of nitrogens with zero attached hydrogens (tertiary/aromatic N) is 4. The van der Waals surface area contributed by atoms with Crippen LogP contribution in [0.4, 0.5) is 11.5 Å². The molecule has 0 aliphatic heterocycles. The van der Waals surface area contributed by atoms with Crippen molar-refractivity contribution in [3.05, 3.63) is 53.0 Å². The quantitative estimate of drug-likeness (QED) is 0.468. The number of hydrogen-bond donors (Lipinski definition) is 1. The summed E-state index contributed by atoms with van der Waals surface area (Å²) in [6, 6.07) is 9.70.